The fourth-order valence-electron chi connectivity index (χ4n) is 3.37. The van der Waals surface area contributed by atoms with Crippen LogP contribution in [0.1, 0.15) is 17.1 Å². The van der Waals surface area contributed by atoms with Gasteiger partial charge in [-0.2, -0.15) is 0 Å². The van der Waals surface area contributed by atoms with Gasteiger partial charge in [0.2, 0.25) is 5.91 Å². The van der Waals surface area contributed by atoms with Gasteiger partial charge in [0, 0.05) is 24.6 Å². The van der Waals surface area contributed by atoms with E-state index < -0.39 is 0 Å². The molecule has 32 heavy (non-hydrogen) atoms. The zero-order chi connectivity index (χ0) is 22.5. The van der Waals surface area contributed by atoms with Crippen molar-refractivity contribution < 1.29 is 9.53 Å². The number of methoxy groups -OCH3 is 1. The van der Waals surface area contributed by atoms with Crippen molar-refractivity contribution in [2.24, 2.45) is 0 Å². The maximum absolute atomic E-state index is 13.1. The first-order chi connectivity index (χ1) is 15.5. The van der Waals surface area contributed by atoms with Crippen LogP contribution in [0.4, 0.5) is 0 Å². The molecule has 0 aliphatic carbocycles. The number of aromatic nitrogens is 3. The molecular formula is C24H24N4O3S. The Balaban J connectivity index is 1.51. The number of H-pyrrole nitrogens is 1. The monoisotopic (exact) mass is 448 g/mol. The van der Waals surface area contributed by atoms with Gasteiger partial charge in [-0.3, -0.25) is 9.59 Å². The Hall–Kier alpha value is -3.36. The molecule has 0 unspecified atom stereocenters. The molecule has 2 aromatic heterocycles. The SMILES string of the molecule is COCCN(Cc1nc2ccccc2c(=O)[nH]1)C(=O)Cc1csc(-c2ccc(C)cc2)n1. The predicted molar refractivity (Wildman–Crippen MR) is 126 cm³/mol. The van der Waals surface area contributed by atoms with Gasteiger partial charge in [-0.1, -0.05) is 42.0 Å². The topological polar surface area (TPSA) is 88.2 Å². The van der Waals surface area contributed by atoms with E-state index in [0.717, 1.165) is 16.3 Å². The lowest BCUT2D eigenvalue weighted by molar-refractivity contribution is -0.131. The molecule has 0 fully saturated rings. The number of thiazole rings is 1. The number of hydrogen-bond acceptors (Lipinski definition) is 6. The minimum atomic E-state index is -0.216. The van der Waals surface area contributed by atoms with Crippen LogP contribution in [0.2, 0.25) is 0 Å². The van der Waals surface area contributed by atoms with E-state index >= 15 is 0 Å². The fraction of sp³-hybridized carbons (Fsp3) is 0.250. The molecule has 0 atom stereocenters. The highest BCUT2D eigenvalue weighted by molar-refractivity contribution is 7.13. The van der Waals surface area contributed by atoms with E-state index in [0.29, 0.717) is 29.9 Å². The van der Waals surface area contributed by atoms with Crippen LogP contribution in [0.5, 0.6) is 0 Å². The molecule has 8 heteroatoms. The molecule has 4 aromatic rings. The van der Waals surface area contributed by atoms with E-state index in [1.54, 1.807) is 30.2 Å². The number of para-hydroxylation sites is 1. The summed E-state index contributed by atoms with van der Waals surface area (Å²) in [6, 6.07) is 15.3. The van der Waals surface area contributed by atoms with Crippen molar-refractivity contribution in [2.45, 2.75) is 19.9 Å². The molecule has 0 saturated carbocycles. The van der Waals surface area contributed by atoms with Crippen molar-refractivity contribution >= 4 is 28.1 Å². The fourth-order valence-corrected chi connectivity index (χ4v) is 4.19. The maximum Gasteiger partial charge on any atom is 0.258 e. The van der Waals surface area contributed by atoms with Crippen LogP contribution in [0, 0.1) is 6.92 Å². The van der Waals surface area contributed by atoms with Gasteiger partial charge in [0.25, 0.3) is 5.56 Å². The van der Waals surface area contributed by atoms with Gasteiger partial charge in [-0.15, -0.1) is 11.3 Å². The Labute approximate surface area is 189 Å². The van der Waals surface area contributed by atoms with Crippen molar-refractivity contribution in [1.29, 1.82) is 0 Å². The smallest absolute Gasteiger partial charge is 0.258 e. The van der Waals surface area contributed by atoms with Gasteiger partial charge >= 0.3 is 0 Å². The van der Waals surface area contributed by atoms with Crippen LogP contribution in [-0.4, -0.2) is 46.0 Å². The van der Waals surface area contributed by atoms with Crippen molar-refractivity contribution in [2.75, 3.05) is 20.3 Å². The molecule has 1 amide bonds. The van der Waals surface area contributed by atoms with Crippen molar-refractivity contribution in [3.8, 4) is 10.6 Å². The van der Waals surface area contributed by atoms with Gasteiger partial charge in [0.05, 0.1) is 36.2 Å². The van der Waals surface area contributed by atoms with E-state index in [1.807, 2.05) is 42.6 Å². The molecular weight excluding hydrogens is 424 g/mol. The Morgan fingerprint density at radius 2 is 1.91 bits per heavy atom. The van der Waals surface area contributed by atoms with Gasteiger partial charge < -0.3 is 14.6 Å². The molecule has 0 spiro atoms. The molecule has 0 bridgehead atoms. The zero-order valence-corrected chi connectivity index (χ0v) is 18.8. The van der Waals surface area contributed by atoms with Gasteiger partial charge in [0.15, 0.2) is 0 Å². The number of fused-ring (bicyclic) bond motifs is 1. The highest BCUT2D eigenvalue weighted by Gasteiger charge is 2.18. The highest BCUT2D eigenvalue weighted by atomic mass is 32.1. The van der Waals surface area contributed by atoms with E-state index in [-0.39, 0.29) is 24.4 Å². The first-order valence-electron chi connectivity index (χ1n) is 10.3. The van der Waals surface area contributed by atoms with E-state index in [2.05, 4.69) is 15.0 Å². The lowest BCUT2D eigenvalue weighted by atomic mass is 10.2. The average molecular weight is 449 g/mol. The number of hydrogen-bond donors (Lipinski definition) is 1. The lowest BCUT2D eigenvalue weighted by Gasteiger charge is -2.21. The molecule has 0 radical (unpaired) electrons. The molecule has 164 valence electrons. The predicted octanol–water partition coefficient (Wildman–Crippen LogP) is 3.57. The Bertz CT molecular complexity index is 1280. The molecule has 7 nitrogen and oxygen atoms in total. The summed E-state index contributed by atoms with van der Waals surface area (Å²) in [6.45, 7) is 3.01. The first kappa shape index (κ1) is 21.9. The van der Waals surface area contributed by atoms with Gasteiger partial charge in [-0.05, 0) is 19.1 Å². The number of rotatable bonds is 8. The summed E-state index contributed by atoms with van der Waals surface area (Å²) < 4.78 is 5.18. The number of aromatic amines is 1. The second-order valence-corrected chi connectivity index (χ2v) is 8.38. The van der Waals surface area contributed by atoms with Crippen LogP contribution >= 0.6 is 11.3 Å². The summed E-state index contributed by atoms with van der Waals surface area (Å²) >= 11 is 1.52. The molecule has 2 aromatic carbocycles. The summed E-state index contributed by atoms with van der Waals surface area (Å²) in [7, 11) is 1.59. The molecule has 1 N–H and O–H groups in total. The van der Waals surface area contributed by atoms with Crippen LogP contribution in [0.15, 0.2) is 58.7 Å². The van der Waals surface area contributed by atoms with Gasteiger partial charge in [-0.25, -0.2) is 9.97 Å². The third kappa shape index (κ3) is 5.09. The van der Waals surface area contributed by atoms with Crippen molar-refractivity contribution in [3.63, 3.8) is 0 Å². The minimum Gasteiger partial charge on any atom is -0.383 e. The second-order valence-electron chi connectivity index (χ2n) is 7.52. The Morgan fingerprint density at radius 1 is 1.12 bits per heavy atom. The Morgan fingerprint density at radius 3 is 2.69 bits per heavy atom. The van der Waals surface area contributed by atoms with E-state index in [4.69, 9.17) is 4.74 Å². The van der Waals surface area contributed by atoms with Crippen LogP contribution in [0.3, 0.4) is 0 Å². The average Bonchev–Trinajstić information content (AvgIpc) is 3.25. The third-order valence-electron chi connectivity index (χ3n) is 5.10. The number of carbonyl (C=O) groups excluding carboxylic acids is 1. The standard InChI is InChI=1S/C24H24N4O3S/c1-16-7-9-17(10-8-16)24-25-18(15-32-24)13-22(29)28(11-12-31-2)14-21-26-20-6-4-3-5-19(20)23(30)27-21/h3-10,15H,11-14H2,1-2H3,(H,26,27,30). The Kier molecular flexibility index (Phi) is 6.72. The van der Waals surface area contributed by atoms with Crippen LogP contribution in [0.25, 0.3) is 21.5 Å². The molecule has 2 heterocycles. The van der Waals surface area contributed by atoms with Crippen LogP contribution in [-0.2, 0) is 22.5 Å². The third-order valence-corrected chi connectivity index (χ3v) is 6.04. The van der Waals surface area contributed by atoms with E-state index in [9.17, 15) is 9.59 Å². The summed E-state index contributed by atoms with van der Waals surface area (Å²) in [5, 5.41) is 3.33. The first-order valence-corrected chi connectivity index (χ1v) is 11.2. The quantitative estimate of drug-likeness (QED) is 0.445. The second kappa shape index (κ2) is 9.84. The maximum atomic E-state index is 13.1. The van der Waals surface area contributed by atoms with E-state index in [1.165, 1.54) is 16.9 Å². The summed E-state index contributed by atoms with van der Waals surface area (Å²) in [5.41, 5.74) is 3.33. The normalized spacial score (nSPS) is 11.1. The number of ether oxygens (including phenoxy) is 1. The number of benzene rings is 2. The summed E-state index contributed by atoms with van der Waals surface area (Å²) in [5.74, 6) is 0.343. The van der Waals surface area contributed by atoms with Gasteiger partial charge in [0.1, 0.15) is 10.8 Å². The molecule has 0 saturated heterocycles. The van der Waals surface area contributed by atoms with Crippen molar-refractivity contribution in [1.82, 2.24) is 19.9 Å². The van der Waals surface area contributed by atoms with Crippen molar-refractivity contribution in [3.05, 3.63) is 81.3 Å². The minimum absolute atomic E-state index is 0.0985. The highest BCUT2D eigenvalue weighted by Crippen LogP contribution is 2.24. The molecule has 0 aliphatic heterocycles. The zero-order valence-electron chi connectivity index (χ0n) is 18.0. The molecule has 4 rings (SSSR count). The summed E-state index contributed by atoms with van der Waals surface area (Å²) in [4.78, 5) is 39.1. The number of amides is 1. The van der Waals surface area contributed by atoms with Crippen LogP contribution < -0.4 is 5.56 Å². The lowest BCUT2D eigenvalue weighted by Crippen LogP contribution is -2.35. The number of carbonyl (C=O) groups is 1. The molecule has 0 aliphatic rings. The largest absolute Gasteiger partial charge is 0.383 e. The number of aryl methyl sites for hydroxylation is 1. The summed E-state index contributed by atoms with van der Waals surface area (Å²) in [6.07, 6.45) is 0.171. The number of nitrogens with zero attached hydrogens (tertiary/aromatic N) is 3. The number of nitrogens with one attached hydrogen (secondary N) is 1.